The molecule has 0 atom stereocenters. The number of nitrogens with one attached hydrogen (secondary N) is 2. The Morgan fingerprint density at radius 1 is 0.969 bits per heavy atom. The van der Waals surface area contributed by atoms with Gasteiger partial charge < -0.3 is 15.4 Å². The molecule has 0 bridgehead atoms. The first-order valence-electron chi connectivity index (χ1n) is 11.0. The standard InChI is InChI=1S/C24H27N7O/c1-18-7-5-6-10-21(18)27-22-20-17-26-31(19-8-3-2-4-9-19)23(20)29-24(28-22)25-11-12-30-13-15-32-16-14-30/h2-10,17H,11-16H2,1H3,(H2,25,27,28,29). The van der Waals surface area contributed by atoms with Gasteiger partial charge >= 0.3 is 0 Å². The van der Waals surface area contributed by atoms with Crippen LogP contribution in [0.1, 0.15) is 5.56 Å². The number of benzene rings is 2. The lowest BCUT2D eigenvalue weighted by atomic mass is 10.2. The van der Waals surface area contributed by atoms with Gasteiger partial charge in [-0.1, -0.05) is 36.4 Å². The van der Waals surface area contributed by atoms with Crippen molar-refractivity contribution in [2.24, 2.45) is 0 Å². The number of morpholine rings is 1. The average molecular weight is 430 g/mol. The summed E-state index contributed by atoms with van der Waals surface area (Å²) in [6, 6.07) is 18.2. The molecule has 0 spiro atoms. The van der Waals surface area contributed by atoms with Gasteiger partial charge in [0.1, 0.15) is 5.82 Å². The zero-order valence-corrected chi connectivity index (χ0v) is 18.2. The first-order chi connectivity index (χ1) is 15.8. The van der Waals surface area contributed by atoms with E-state index in [1.165, 1.54) is 0 Å². The lowest BCUT2D eigenvalue weighted by Gasteiger charge is -2.26. The van der Waals surface area contributed by atoms with Gasteiger partial charge in [-0.2, -0.15) is 15.1 Å². The fourth-order valence-electron chi connectivity index (χ4n) is 3.83. The number of fused-ring (bicyclic) bond motifs is 1. The summed E-state index contributed by atoms with van der Waals surface area (Å²) in [7, 11) is 0. The van der Waals surface area contributed by atoms with E-state index in [4.69, 9.17) is 14.7 Å². The topological polar surface area (TPSA) is 80.1 Å². The minimum Gasteiger partial charge on any atom is -0.379 e. The molecule has 8 heteroatoms. The van der Waals surface area contributed by atoms with Gasteiger partial charge in [-0.3, -0.25) is 4.90 Å². The maximum atomic E-state index is 5.44. The van der Waals surface area contributed by atoms with E-state index >= 15 is 0 Å². The molecule has 2 aromatic heterocycles. The summed E-state index contributed by atoms with van der Waals surface area (Å²) < 4.78 is 7.29. The third-order valence-corrected chi connectivity index (χ3v) is 5.64. The number of aryl methyl sites for hydroxylation is 1. The van der Waals surface area contributed by atoms with Crippen LogP contribution in [0.15, 0.2) is 60.8 Å². The Bertz CT molecular complexity index is 1190. The van der Waals surface area contributed by atoms with E-state index in [2.05, 4.69) is 39.7 Å². The summed E-state index contributed by atoms with van der Waals surface area (Å²) in [6.45, 7) is 7.27. The van der Waals surface area contributed by atoms with Crippen molar-refractivity contribution in [3.63, 3.8) is 0 Å². The van der Waals surface area contributed by atoms with Gasteiger partial charge in [0.2, 0.25) is 5.95 Å². The van der Waals surface area contributed by atoms with Crippen LogP contribution < -0.4 is 10.6 Å². The quantitative estimate of drug-likeness (QED) is 0.464. The van der Waals surface area contributed by atoms with Gasteiger partial charge in [0.25, 0.3) is 0 Å². The number of para-hydroxylation sites is 2. The Kier molecular flexibility index (Phi) is 5.96. The third kappa shape index (κ3) is 4.42. The number of hydrogen-bond donors (Lipinski definition) is 2. The highest BCUT2D eigenvalue weighted by atomic mass is 16.5. The molecule has 8 nitrogen and oxygen atoms in total. The summed E-state index contributed by atoms with van der Waals surface area (Å²) in [4.78, 5) is 12.0. The SMILES string of the molecule is Cc1ccccc1Nc1nc(NCCN2CCOCC2)nc2c1cnn2-c1ccccc1. The van der Waals surface area contributed by atoms with Gasteiger partial charge in [0, 0.05) is 31.9 Å². The Labute approximate surface area is 187 Å². The number of anilines is 3. The Morgan fingerprint density at radius 2 is 1.75 bits per heavy atom. The van der Waals surface area contributed by atoms with Crippen LogP contribution >= 0.6 is 0 Å². The zero-order chi connectivity index (χ0) is 21.8. The Morgan fingerprint density at radius 3 is 2.56 bits per heavy atom. The highest BCUT2D eigenvalue weighted by Gasteiger charge is 2.16. The zero-order valence-electron chi connectivity index (χ0n) is 18.2. The van der Waals surface area contributed by atoms with E-state index in [0.717, 1.165) is 73.2 Å². The molecule has 32 heavy (non-hydrogen) atoms. The van der Waals surface area contributed by atoms with Gasteiger partial charge in [-0.15, -0.1) is 0 Å². The van der Waals surface area contributed by atoms with Crippen LogP contribution in [0.3, 0.4) is 0 Å². The molecule has 4 aromatic rings. The van der Waals surface area contributed by atoms with Gasteiger partial charge in [0.15, 0.2) is 5.65 Å². The molecule has 3 heterocycles. The molecule has 1 aliphatic heterocycles. The minimum atomic E-state index is 0.583. The molecule has 5 rings (SSSR count). The van der Waals surface area contributed by atoms with Crippen molar-refractivity contribution in [1.29, 1.82) is 0 Å². The first kappa shape index (κ1) is 20.4. The summed E-state index contributed by atoms with van der Waals surface area (Å²) in [5.41, 5.74) is 3.88. The van der Waals surface area contributed by atoms with Crippen molar-refractivity contribution in [3.8, 4) is 5.69 Å². The largest absolute Gasteiger partial charge is 0.379 e. The summed E-state index contributed by atoms with van der Waals surface area (Å²) >= 11 is 0. The van der Waals surface area contributed by atoms with Crippen LogP contribution in [0.4, 0.5) is 17.5 Å². The van der Waals surface area contributed by atoms with E-state index in [9.17, 15) is 0 Å². The number of rotatable bonds is 7. The van der Waals surface area contributed by atoms with Crippen molar-refractivity contribution in [2.75, 3.05) is 50.0 Å². The molecule has 0 aliphatic carbocycles. The monoisotopic (exact) mass is 429 g/mol. The molecule has 0 radical (unpaired) electrons. The van der Waals surface area contributed by atoms with Gasteiger partial charge in [0.05, 0.1) is 30.5 Å². The van der Waals surface area contributed by atoms with Crippen LogP contribution in [0.5, 0.6) is 0 Å². The first-order valence-corrected chi connectivity index (χ1v) is 11.0. The molecule has 0 unspecified atom stereocenters. The second-order valence-corrected chi connectivity index (χ2v) is 7.85. The minimum absolute atomic E-state index is 0.583. The second-order valence-electron chi connectivity index (χ2n) is 7.85. The van der Waals surface area contributed by atoms with Crippen molar-refractivity contribution >= 4 is 28.5 Å². The van der Waals surface area contributed by atoms with E-state index < -0.39 is 0 Å². The predicted octanol–water partition coefficient (Wildman–Crippen LogP) is 3.61. The smallest absolute Gasteiger partial charge is 0.226 e. The predicted molar refractivity (Wildman–Crippen MR) is 127 cm³/mol. The van der Waals surface area contributed by atoms with Crippen LogP contribution in [0, 0.1) is 6.92 Å². The number of aromatic nitrogens is 4. The van der Waals surface area contributed by atoms with E-state index in [0.29, 0.717) is 5.95 Å². The summed E-state index contributed by atoms with van der Waals surface area (Å²) in [6.07, 6.45) is 1.82. The average Bonchev–Trinajstić information content (AvgIpc) is 3.26. The Balaban J connectivity index is 1.47. The molecule has 1 saturated heterocycles. The number of nitrogens with zero attached hydrogens (tertiary/aromatic N) is 5. The van der Waals surface area contributed by atoms with Crippen molar-refractivity contribution in [1.82, 2.24) is 24.6 Å². The molecule has 164 valence electrons. The normalized spacial score (nSPS) is 14.5. The van der Waals surface area contributed by atoms with Gasteiger partial charge in [-0.25, -0.2) is 4.68 Å². The summed E-state index contributed by atoms with van der Waals surface area (Å²) in [5, 5.41) is 12.4. The van der Waals surface area contributed by atoms with Crippen LogP contribution in [0.2, 0.25) is 0 Å². The molecule has 0 amide bonds. The Hall–Kier alpha value is -3.49. The summed E-state index contributed by atoms with van der Waals surface area (Å²) in [5.74, 6) is 1.32. The van der Waals surface area contributed by atoms with Crippen LogP contribution in [-0.2, 0) is 4.74 Å². The van der Waals surface area contributed by atoms with Crippen LogP contribution in [0.25, 0.3) is 16.7 Å². The maximum Gasteiger partial charge on any atom is 0.226 e. The number of ether oxygens (including phenoxy) is 1. The lowest BCUT2D eigenvalue weighted by molar-refractivity contribution is 0.0398. The molecule has 1 fully saturated rings. The van der Waals surface area contributed by atoms with Gasteiger partial charge in [-0.05, 0) is 30.7 Å². The van der Waals surface area contributed by atoms with Crippen molar-refractivity contribution in [2.45, 2.75) is 6.92 Å². The van der Waals surface area contributed by atoms with E-state index in [-0.39, 0.29) is 0 Å². The van der Waals surface area contributed by atoms with E-state index in [1.54, 1.807) is 0 Å². The fraction of sp³-hybridized carbons (Fsp3) is 0.292. The number of hydrogen-bond acceptors (Lipinski definition) is 7. The fourth-order valence-corrected chi connectivity index (χ4v) is 3.83. The molecule has 0 saturated carbocycles. The van der Waals surface area contributed by atoms with Crippen molar-refractivity contribution in [3.05, 3.63) is 66.4 Å². The lowest BCUT2D eigenvalue weighted by Crippen LogP contribution is -2.39. The molecule has 2 N–H and O–H groups in total. The molecule has 2 aromatic carbocycles. The van der Waals surface area contributed by atoms with Crippen molar-refractivity contribution < 1.29 is 4.74 Å². The molecular weight excluding hydrogens is 402 g/mol. The second kappa shape index (κ2) is 9.33. The highest BCUT2D eigenvalue weighted by Crippen LogP contribution is 2.28. The maximum absolute atomic E-state index is 5.44. The highest BCUT2D eigenvalue weighted by molar-refractivity contribution is 5.90. The molecular formula is C24H27N7O. The third-order valence-electron chi connectivity index (χ3n) is 5.64. The molecule has 1 aliphatic rings. The van der Waals surface area contributed by atoms with E-state index in [1.807, 2.05) is 53.3 Å². The van der Waals surface area contributed by atoms with Crippen LogP contribution in [-0.4, -0.2) is 64.0 Å².